The van der Waals surface area contributed by atoms with E-state index in [1.165, 1.54) is 24.2 Å². The summed E-state index contributed by atoms with van der Waals surface area (Å²) < 4.78 is 4.51. The molecule has 3 rings (SSSR count). The molecule has 2 aliphatic heterocycles. The monoisotopic (exact) mass is 404 g/mol. The van der Waals surface area contributed by atoms with E-state index in [-0.39, 0.29) is 10.8 Å². The van der Waals surface area contributed by atoms with Crippen LogP contribution in [0.1, 0.15) is 11.1 Å². The SMILES string of the molecule is COC(=O)/C=C1/S/C(=N\N=Cc2ccc(CN3CCSCC3)cc2)NC1=O. The van der Waals surface area contributed by atoms with Crippen molar-refractivity contribution in [1.82, 2.24) is 10.2 Å². The first-order chi connectivity index (χ1) is 13.1. The zero-order valence-corrected chi connectivity index (χ0v) is 16.5. The fourth-order valence-corrected chi connectivity index (χ4v) is 4.23. The number of amides is 1. The number of carbonyl (C=O) groups is 2. The summed E-state index contributed by atoms with van der Waals surface area (Å²) in [6.07, 6.45) is 2.76. The van der Waals surface area contributed by atoms with Gasteiger partial charge in [0.05, 0.1) is 18.2 Å². The summed E-state index contributed by atoms with van der Waals surface area (Å²) in [7, 11) is 1.26. The first-order valence-corrected chi connectivity index (χ1v) is 10.4. The number of carbonyl (C=O) groups excluding carboxylic acids is 2. The van der Waals surface area contributed by atoms with Crippen LogP contribution in [0, 0.1) is 0 Å². The lowest BCUT2D eigenvalue weighted by Crippen LogP contribution is -2.31. The molecule has 0 aliphatic carbocycles. The summed E-state index contributed by atoms with van der Waals surface area (Å²) >= 11 is 3.06. The first kappa shape index (κ1) is 19.7. The average molecular weight is 405 g/mol. The predicted octanol–water partition coefficient (Wildman–Crippen LogP) is 1.85. The highest BCUT2D eigenvalue weighted by atomic mass is 32.2. The minimum absolute atomic E-state index is 0.233. The third-order valence-corrected chi connectivity index (χ3v) is 5.79. The van der Waals surface area contributed by atoms with E-state index in [0.717, 1.165) is 43.0 Å². The van der Waals surface area contributed by atoms with Gasteiger partial charge in [0.15, 0.2) is 5.17 Å². The van der Waals surface area contributed by atoms with Gasteiger partial charge >= 0.3 is 5.97 Å². The van der Waals surface area contributed by atoms with Crippen LogP contribution in [-0.2, 0) is 20.9 Å². The van der Waals surface area contributed by atoms with E-state index in [1.54, 1.807) is 6.21 Å². The average Bonchev–Trinajstić information content (AvgIpc) is 3.03. The maximum Gasteiger partial charge on any atom is 0.331 e. The van der Waals surface area contributed by atoms with Gasteiger partial charge in [-0.05, 0) is 22.9 Å². The molecule has 7 nitrogen and oxygen atoms in total. The van der Waals surface area contributed by atoms with E-state index in [2.05, 4.69) is 37.3 Å². The first-order valence-electron chi connectivity index (χ1n) is 8.43. The summed E-state index contributed by atoms with van der Waals surface area (Å²) in [5.41, 5.74) is 2.21. The number of benzene rings is 1. The van der Waals surface area contributed by atoms with E-state index in [9.17, 15) is 9.59 Å². The Bertz CT molecular complexity index is 784. The maximum absolute atomic E-state index is 11.7. The highest BCUT2D eigenvalue weighted by Gasteiger charge is 2.24. The van der Waals surface area contributed by atoms with Crippen molar-refractivity contribution >= 4 is 46.8 Å². The fourth-order valence-electron chi connectivity index (χ4n) is 2.52. The standard InChI is InChI=1S/C18H20N4O3S2/c1-25-16(23)10-15-17(24)20-18(27-15)21-19-11-13-2-4-14(5-3-13)12-22-6-8-26-9-7-22/h2-5,10-11H,6-9,12H2,1H3,(H,20,21,24)/b15-10+,19-11?. The van der Waals surface area contributed by atoms with Crippen molar-refractivity contribution in [2.45, 2.75) is 6.54 Å². The highest BCUT2D eigenvalue weighted by Crippen LogP contribution is 2.23. The Morgan fingerprint density at radius 2 is 2.04 bits per heavy atom. The minimum atomic E-state index is -0.583. The fraction of sp³-hybridized carbons (Fsp3) is 0.333. The second-order valence-corrected chi connectivity index (χ2v) is 8.12. The number of hydrogen-bond acceptors (Lipinski definition) is 8. The van der Waals surface area contributed by atoms with E-state index < -0.39 is 5.97 Å². The van der Waals surface area contributed by atoms with E-state index in [0.29, 0.717) is 5.17 Å². The van der Waals surface area contributed by atoms with Crippen LogP contribution in [0.2, 0.25) is 0 Å². The van der Waals surface area contributed by atoms with Crippen molar-refractivity contribution in [2.75, 3.05) is 31.7 Å². The number of ether oxygens (including phenoxy) is 1. The van der Waals surface area contributed by atoms with Crippen molar-refractivity contribution in [1.29, 1.82) is 0 Å². The Kier molecular flexibility index (Phi) is 7.08. The zero-order chi connectivity index (χ0) is 19.1. The largest absolute Gasteiger partial charge is 0.466 e. The van der Waals surface area contributed by atoms with Crippen LogP contribution in [0.15, 0.2) is 45.4 Å². The van der Waals surface area contributed by atoms with Gasteiger partial charge in [-0.15, -0.1) is 5.10 Å². The van der Waals surface area contributed by atoms with E-state index >= 15 is 0 Å². The number of hydrogen-bond donors (Lipinski definition) is 1. The van der Waals surface area contributed by atoms with E-state index in [4.69, 9.17) is 0 Å². The van der Waals surface area contributed by atoms with Crippen LogP contribution in [0.5, 0.6) is 0 Å². The maximum atomic E-state index is 11.7. The number of rotatable bonds is 5. The van der Waals surface area contributed by atoms with Crippen LogP contribution in [0.25, 0.3) is 0 Å². The van der Waals surface area contributed by atoms with Crippen LogP contribution in [0.3, 0.4) is 0 Å². The number of amidine groups is 1. The molecule has 1 N–H and O–H groups in total. The smallest absolute Gasteiger partial charge is 0.331 e. The molecule has 0 radical (unpaired) electrons. The molecule has 0 spiro atoms. The van der Waals surface area contributed by atoms with Gasteiger partial charge in [-0.25, -0.2) is 4.79 Å². The summed E-state index contributed by atoms with van der Waals surface area (Å²) in [5.74, 6) is 1.44. The molecule has 1 aromatic rings. The molecule has 2 saturated heterocycles. The number of nitrogens with one attached hydrogen (secondary N) is 1. The molecule has 27 heavy (non-hydrogen) atoms. The molecule has 142 valence electrons. The Balaban J connectivity index is 1.55. The Morgan fingerprint density at radius 1 is 1.30 bits per heavy atom. The van der Waals surface area contributed by atoms with Crippen LogP contribution < -0.4 is 5.32 Å². The van der Waals surface area contributed by atoms with Gasteiger partial charge in [-0.3, -0.25) is 15.0 Å². The lowest BCUT2D eigenvalue weighted by molar-refractivity contribution is -0.135. The van der Waals surface area contributed by atoms with Crippen molar-refractivity contribution in [3.05, 3.63) is 46.4 Å². The molecule has 0 aromatic heterocycles. The van der Waals surface area contributed by atoms with Crippen molar-refractivity contribution < 1.29 is 14.3 Å². The molecular weight excluding hydrogens is 384 g/mol. The van der Waals surface area contributed by atoms with Gasteiger partial charge in [0, 0.05) is 37.2 Å². The summed E-state index contributed by atoms with van der Waals surface area (Å²) in [5, 5.41) is 10.9. The topological polar surface area (TPSA) is 83.4 Å². The van der Waals surface area contributed by atoms with E-state index in [1.807, 2.05) is 23.9 Å². The van der Waals surface area contributed by atoms with Crippen LogP contribution >= 0.6 is 23.5 Å². The zero-order valence-electron chi connectivity index (χ0n) is 14.9. The number of thioether (sulfide) groups is 2. The molecule has 0 bridgehead atoms. The van der Waals surface area contributed by atoms with Gasteiger partial charge in [0.25, 0.3) is 5.91 Å². The molecule has 1 aromatic carbocycles. The van der Waals surface area contributed by atoms with Crippen LogP contribution in [0.4, 0.5) is 0 Å². The lowest BCUT2D eigenvalue weighted by Gasteiger charge is -2.26. The molecule has 2 aliphatic rings. The van der Waals surface area contributed by atoms with Gasteiger partial charge in [-0.1, -0.05) is 24.3 Å². The molecule has 2 heterocycles. The lowest BCUT2D eigenvalue weighted by atomic mass is 10.1. The number of nitrogens with zero attached hydrogens (tertiary/aromatic N) is 3. The van der Waals surface area contributed by atoms with Crippen LogP contribution in [-0.4, -0.2) is 59.9 Å². The van der Waals surface area contributed by atoms with Crippen molar-refractivity contribution in [3.63, 3.8) is 0 Å². The van der Waals surface area contributed by atoms with Gasteiger partial charge in [-0.2, -0.15) is 16.9 Å². The third kappa shape index (κ3) is 5.95. The molecule has 0 atom stereocenters. The highest BCUT2D eigenvalue weighted by molar-refractivity contribution is 8.18. The van der Waals surface area contributed by atoms with Gasteiger partial charge < -0.3 is 4.74 Å². The van der Waals surface area contributed by atoms with Gasteiger partial charge in [0.2, 0.25) is 0 Å². The quantitative estimate of drug-likeness (QED) is 0.349. The molecule has 9 heteroatoms. The number of esters is 1. The summed E-state index contributed by atoms with van der Waals surface area (Å²) in [4.78, 5) is 25.6. The summed E-state index contributed by atoms with van der Waals surface area (Å²) in [6.45, 7) is 3.25. The minimum Gasteiger partial charge on any atom is -0.466 e. The molecule has 2 fully saturated rings. The van der Waals surface area contributed by atoms with Gasteiger partial charge in [0.1, 0.15) is 0 Å². The third-order valence-electron chi connectivity index (χ3n) is 3.95. The Hall–Kier alpha value is -2.10. The predicted molar refractivity (Wildman–Crippen MR) is 110 cm³/mol. The van der Waals surface area contributed by atoms with Crippen molar-refractivity contribution in [3.8, 4) is 0 Å². The normalized spacial score (nSPS) is 21.1. The number of methoxy groups -OCH3 is 1. The summed E-state index contributed by atoms with van der Waals surface area (Å²) in [6, 6.07) is 8.19. The second kappa shape index (κ2) is 9.72. The Morgan fingerprint density at radius 3 is 2.74 bits per heavy atom. The van der Waals surface area contributed by atoms with Crippen molar-refractivity contribution in [2.24, 2.45) is 10.2 Å². The second-order valence-electron chi connectivity index (χ2n) is 5.87. The molecular formula is C18H20N4O3S2. The molecule has 0 unspecified atom stereocenters. The Labute approximate surface area is 166 Å². The molecule has 0 saturated carbocycles. The molecule has 1 amide bonds.